The minimum absolute atomic E-state index is 1.05. The maximum atomic E-state index is 4.68. The number of aliphatic imine (C=N–C) groups is 1. The maximum Gasteiger partial charge on any atom is 0.0686 e. The number of nitrogens with zero attached hydrogens (tertiary/aromatic N) is 1. The highest BCUT2D eigenvalue weighted by Gasteiger charge is 2.17. The molecule has 1 aliphatic heterocycles. The average molecular weight is 354 g/mol. The van der Waals surface area contributed by atoms with Gasteiger partial charge in [0.2, 0.25) is 0 Å². The molecule has 1 aromatic heterocycles. The lowest BCUT2D eigenvalue weighted by Gasteiger charge is -2.00. The van der Waals surface area contributed by atoms with Crippen LogP contribution in [0.4, 0.5) is 0 Å². The third kappa shape index (κ3) is 2.20. The fraction of sp³-hybridized carbons (Fsp3) is 0.400. The zero-order valence-electron chi connectivity index (χ0n) is 11.6. The summed E-state index contributed by atoms with van der Waals surface area (Å²) in [5, 5.41) is 0. The number of hydrogen-bond donors (Lipinski definition) is 1. The molecule has 0 radical (unpaired) electrons. The monoisotopic (exact) mass is 354 g/mol. The summed E-state index contributed by atoms with van der Waals surface area (Å²) in [6, 6.07) is 0. The van der Waals surface area contributed by atoms with Gasteiger partial charge in [-0.3, -0.25) is 4.99 Å². The molecule has 2 rings (SSSR count). The van der Waals surface area contributed by atoms with Crippen LogP contribution in [0.15, 0.2) is 21.8 Å². The minimum atomic E-state index is 1.05. The van der Waals surface area contributed by atoms with Crippen molar-refractivity contribution in [2.24, 2.45) is 4.99 Å². The zero-order valence-corrected chi connectivity index (χ0v) is 13.8. The van der Waals surface area contributed by atoms with Gasteiger partial charge in [0.1, 0.15) is 0 Å². The third-order valence-electron chi connectivity index (χ3n) is 3.58. The Kier molecular flexibility index (Phi) is 3.80. The third-order valence-corrected chi connectivity index (χ3v) is 5.20. The van der Waals surface area contributed by atoms with Crippen molar-refractivity contribution in [3.63, 3.8) is 0 Å². The van der Waals surface area contributed by atoms with E-state index in [0.717, 1.165) is 17.8 Å². The fourth-order valence-corrected chi connectivity index (χ4v) is 2.88. The fourth-order valence-electron chi connectivity index (χ4n) is 2.45. The summed E-state index contributed by atoms with van der Waals surface area (Å²) >= 11 is 2.39. The maximum absolute atomic E-state index is 4.68. The molecule has 0 saturated heterocycles. The molecule has 0 fully saturated rings. The van der Waals surface area contributed by atoms with E-state index in [1.165, 1.54) is 31.7 Å². The first-order chi connectivity index (χ1) is 8.45. The molecule has 2 nitrogen and oxygen atoms in total. The van der Waals surface area contributed by atoms with Gasteiger partial charge in [-0.1, -0.05) is 6.92 Å². The van der Waals surface area contributed by atoms with E-state index < -0.39 is 0 Å². The topological polar surface area (TPSA) is 28.1 Å². The average Bonchev–Trinajstić information content (AvgIpc) is 2.72. The van der Waals surface area contributed by atoms with Gasteiger partial charge in [-0.15, -0.1) is 0 Å². The Labute approximate surface area is 122 Å². The summed E-state index contributed by atoms with van der Waals surface area (Å²) < 4.78 is 1.32. The Morgan fingerprint density at radius 3 is 2.33 bits per heavy atom. The van der Waals surface area contributed by atoms with E-state index in [4.69, 9.17) is 0 Å². The summed E-state index contributed by atoms with van der Waals surface area (Å²) in [4.78, 5) is 8.11. The van der Waals surface area contributed by atoms with E-state index in [1.54, 1.807) is 0 Å². The summed E-state index contributed by atoms with van der Waals surface area (Å²) in [5.41, 5.74) is 8.69. The quantitative estimate of drug-likeness (QED) is 0.741. The largest absolute Gasteiger partial charge is 0.358 e. The minimum Gasteiger partial charge on any atom is -0.358 e. The van der Waals surface area contributed by atoms with E-state index in [1.807, 2.05) is 0 Å². The number of aryl methyl sites for hydroxylation is 1. The van der Waals surface area contributed by atoms with E-state index in [-0.39, 0.29) is 0 Å². The summed E-state index contributed by atoms with van der Waals surface area (Å²) in [5.74, 6) is 0. The number of halogens is 1. The van der Waals surface area contributed by atoms with E-state index >= 15 is 0 Å². The molecule has 0 unspecified atom stereocenters. The van der Waals surface area contributed by atoms with Crippen LogP contribution in [0.3, 0.4) is 0 Å². The number of aromatic amines is 1. The molecule has 0 atom stereocenters. The SMILES string of the molecule is CCC1=C(C)/C(=C/c2[nH]c(C)c(I)c2C)N=C1C. The molecule has 1 N–H and O–H groups in total. The van der Waals surface area contributed by atoms with Gasteiger partial charge in [0, 0.05) is 20.7 Å². The molecule has 18 heavy (non-hydrogen) atoms. The Balaban J connectivity index is 2.48. The van der Waals surface area contributed by atoms with Crippen molar-refractivity contribution in [3.8, 4) is 0 Å². The molecule has 0 amide bonds. The van der Waals surface area contributed by atoms with Gasteiger partial charge in [0.25, 0.3) is 0 Å². The van der Waals surface area contributed by atoms with Crippen LogP contribution >= 0.6 is 22.6 Å². The second kappa shape index (κ2) is 5.03. The number of aromatic nitrogens is 1. The van der Waals surface area contributed by atoms with Crippen LogP contribution in [-0.4, -0.2) is 10.7 Å². The molecule has 96 valence electrons. The molecule has 1 aliphatic rings. The highest BCUT2D eigenvalue weighted by Crippen LogP contribution is 2.30. The smallest absolute Gasteiger partial charge is 0.0686 e. The van der Waals surface area contributed by atoms with Gasteiger partial charge in [0.05, 0.1) is 5.70 Å². The van der Waals surface area contributed by atoms with Crippen LogP contribution < -0.4 is 0 Å². The van der Waals surface area contributed by atoms with Crippen molar-refractivity contribution in [3.05, 3.63) is 37.4 Å². The standard InChI is InChI=1S/C15H19IN2/c1-6-12-8(2)13(17-10(12)4)7-14-9(3)15(16)11(5)18-14/h7,18H,6H2,1-5H3/b13-7-. The highest BCUT2D eigenvalue weighted by atomic mass is 127. The molecule has 0 saturated carbocycles. The Hall–Kier alpha value is -0.840. The van der Waals surface area contributed by atoms with Gasteiger partial charge >= 0.3 is 0 Å². The van der Waals surface area contributed by atoms with Crippen molar-refractivity contribution >= 4 is 34.4 Å². The van der Waals surface area contributed by atoms with Gasteiger partial charge in [-0.2, -0.15) is 0 Å². The first-order valence-corrected chi connectivity index (χ1v) is 7.35. The molecular formula is C15H19IN2. The summed E-state index contributed by atoms with van der Waals surface area (Å²) in [6.45, 7) is 10.7. The van der Waals surface area contributed by atoms with Gasteiger partial charge in [0.15, 0.2) is 0 Å². The van der Waals surface area contributed by atoms with Crippen LogP contribution in [0.2, 0.25) is 0 Å². The Morgan fingerprint density at radius 2 is 1.89 bits per heavy atom. The van der Waals surface area contributed by atoms with E-state index in [0.29, 0.717) is 0 Å². The molecule has 3 heteroatoms. The van der Waals surface area contributed by atoms with Crippen molar-refractivity contribution in [2.45, 2.75) is 41.0 Å². The summed E-state index contributed by atoms with van der Waals surface area (Å²) in [6.07, 6.45) is 3.23. The second-order valence-corrected chi connectivity index (χ2v) is 5.87. The molecule has 2 heterocycles. The first-order valence-electron chi connectivity index (χ1n) is 6.27. The Morgan fingerprint density at radius 1 is 1.22 bits per heavy atom. The van der Waals surface area contributed by atoms with Crippen molar-refractivity contribution in [1.82, 2.24) is 4.98 Å². The predicted molar refractivity (Wildman–Crippen MR) is 87.1 cm³/mol. The molecule has 0 aliphatic carbocycles. The van der Waals surface area contributed by atoms with Crippen LogP contribution in [0, 0.1) is 17.4 Å². The number of allylic oxidation sites excluding steroid dienone is 2. The van der Waals surface area contributed by atoms with Gasteiger partial charge in [-0.25, -0.2) is 0 Å². The van der Waals surface area contributed by atoms with E-state index in [2.05, 4.69) is 73.3 Å². The lowest BCUT2D eigenvalue weighted by atomic mass is 10.0. The van der Waals surface area contributed by atoms with Crippen molar-refractivity contribution < 1.29 is 0 Å². The zero-order chi connectivity index (χ0) is 13.4. The number of nitrogens with one attached hydrogen (secondary N) is 1. The number of hydrogen-bond acceptors (Lipinski definition) is 1. The molecule has 0 spiro atoms. The lowest BCUT2D eigenvalue weighted by Crippen LogP contribution is -1.91. The molecule has 1 aromatic rings. The molecule has 0 bridgehead atoms. The van der Waals surface area contributed by atoms with Crippen LogP contribution in [-0.2, 0) is 0 Å². The van der Waals surface area contributed by atoms with Crippen molar-refractivity contribution in [1.29, 1.82) is 0 Å². The Bertz CT molecular complexity index is 586. The molecular weight excluding hydrogens is 335 g/mol. The van der Waals surface area contributed by atoms with Crippen LogP contribution in [0.1, 0.15) is 44.1 Å². The number of rotatable bonds is 2. The first kappa shape index (κ1) is 13.6. The highest BCUT2D eigenvalue weighted by molar-refractivity contribution is 14.1. The second-order valence-electron chi connectivity index (χ2n) is 4.79. The van der Waals surface area contributed by atoms with Gasteiger partial charge < -0.3 is 4.98 Å². The summed E-state index contributed by atoms with van der Waals surface area (Å²) in [7, 11) is 0. The van der Waals surface area contributed by atoms with Crippen LogP contribution in [0.5, 0.6) is 0 Å². The number of H-pyrrole nitrogens is 1. The normalized spacial score (nSPS) is 17.9. The predicted octanol–water partition coefficient (Wildman–Crippen LogP) is 4.78. The van der Waals surface area contributed by atoms with Gasteiger partial charge in [-0.05, 0) is 79.5 Å². The molecule has 0 aromatic carbocycles. The van der Waals surface area contributed by atoms with E-state index in [9.17, 15) is 0 Å². The van der Waals surface area contributed by atoms with Crippen LogP contribution in [0.25, 0.3) is 6.08 Å². The lowest BCUT2D eigenvalue weighted by molar-refractivity contribution is 1.15. The van der Waals surface area contributed by atoms with Crippen molar-refractivity contribution in [2.75, 3.05) is 0 Å².